The van der Waals surface area contributed by atoms with Crippen molar-refractivity contribution in [3.63, 3.8) is 0 Å². The minimum Gasteiger partial charge on any atom is -0.497 e. The molecule has 0 atom stereocenters. The lowest BCUT2D eigenvalue weighted by atomic mass is 10.0. The molecule has 0 fully saturated rings. The van der Waals surface area contributed by atoms with Crippen LogP contribution in [0.25, 0.3) is 0 Å². The summed E-state index contributed by atoms with van der Waals surface area (Å²) in [7, 11) is 1.58. The fraction of sp³-hybridized carbons (Fsp3) is 0.400. The van der Waals surface area contributed by atoms with Crippen molar-refractivity contribution in [1.82, 2.24) is 4.90 Å². The van der Waals surface area contributed by atoms with Gasteiger partial charge in [0.05, 0.1) is 19.3 Å². The lowest BCUT2D eigenvalue weighted by molar-refractivity contribution is 0.0526. The summed E-state index contributed by atoms with van der Waals surface area (Å²) < 4.78 is 10.4. The van der Waals surface area contributed by atoms with Crippen LogP contribution in [0.2, 0.25) is 0 Å². The van der Waals surface area contributed by atoms with E-state index < -0.39 is 0 Å². The molecule has 0 saturated carbocycles. The van der Waals surface area contributed by atoms with Crippen LogP contribution in [-0.2, 0) is 17.7 Å². The molecule has 1 aliphatic rings. The van der Waals surface area contributed by atoms with Crippen molar-refractivity contribution in [2.75, 3.05) is 32.1 Å². The number of rotatable bonds is 6. The van der Waals surface area contributed by atoms with Crippen molar-refractivity contribution in [2.24, 2.45) is 0 Å². The van der Waals surface area contributed by atoms with Crippen LogP contribution in [0, 0.1) is 0 Å². The van der Waals surface area contributed by atoms with E-state index in [0.717, 1.165) is 36.5 Å². The van der Waals surface area contributed by atoms with Crippen molar-refractivity contribution >= 4 is 40.6 Å². The van der Waals surface area contributed by atoms with Gasteiger partial charge in [-0.2, -0.15) is 0 Å². The van der Waals surface area contributed by atoms with Gasteiger partial charge in [0.15, 0.2) is 0 Å². The molecule has 28 heavy (non-hydrogen) atoms. The molecule has 152 valence electrons. The molecule has 6 nitrogen and oxygen atoms in total. The highest BCUT2D eigenvalue weighted by atomic mass is 35.5. The quantitative estimate of drug-likeness (QED) is 0.710. The van der Waals surface area contributed by atoms with Gasteiger partial charge in [-0.05, 0) is 49.7 Å². The smallest absolute Gasteiger partial charge is 0.341 e. The van der Waals surface area contributed by atoms with E-state index >= 15 is 0 Å². The first-order chi connectivity index (χ1) is 13.1. The SMILES string of the molecule is CCOC(=O)c1c(NC(=O)c2ccc(OC)cc2)sc2c1CCN(CC)C2.Cl. The average Bonchev–Trinajstić information content (AvgIpc) is 3.04. The van der Waals surface area contributed by atoms with E-state index in [0.29, 0.717) is 28.5 Å². The molecule has 0 unspecified atom stereocenters. The van der Waals surface area contributed by atoms with Crippen molar-refractivity contribution < 1.29 is 19.1 Å². The molecule has 2 aromatic rings. The second-order valence-electron chi connectivity index (χ2n) is 6.23. The normalized spacial score (nSPS) is 13.2. The van der Waals surface area contributed by atoms with E-state index in [9.17, 15) is 9.59 Å². The Kier molecular flexibility index (Phi) is 7.86. The monoisotopic (exact) mass is 424 g/mol. The largest absolute Gasteiger partial charge is 0.497 e. The molecule has 1 amide bonds. The summed E-state index contributed by atoms with van der Waals surface area (Å²) in [5.74, 6) is 0.0594. The Morgan fingerprint density at radius 3 is 2.54 bits per heavy atom. The fourth-order valence-corrected chi connectivity index (χ4v) is 4.42. The number of nitrogens with zero attached hydrogens (tertiary/aromatic N) is 1. The number of carbonyl (C=O) groups excluding carboxylic acids is 2. The number of methoxy groups -OCH3 is 1. The van der Waals surface area contributed by atoms with Gasteiger partial charge in [0.25, 0.3) is 5.91 Å². The summed E-state index contributed by atoms with van der Waals surface area (Å²) in [5.41, 5.74) is 2.02. The Balaban J connectivity index is 0.00000280. The van der Waals surface area contributed by atoms with Crippen molar-refractivity contribution in [3.8, 4) is 5.75 Å². The molecule has 0 aliphatic carbocycles. The molecule has 2 heterocycles. The summed E-state index contributed by atoms with van der Waals surface area (Å²) in [4.78, 5) is 28.7. The number of esters is 1. The molecule has 0 radical (unpaired) electrons. The zero-order valence-corrected chi connectivity index (χ0v) is 17.9. The van der Waals surface area contributed by atoms with Gasteiger partial charge >= 0.3 is 5.97 Å². The minimum atomic E-state index is -0.370. The number of hydrogen-bond donors (Lipinski definition) is 1. The molecular weight excluding hydrogens is 400 g/mol. The Hall–Kier alpha value is -2.09. The third kappa shape index (κ3) is 4.66. The van der Waals surface area contributed by atoms with E-state index in [1.807, 2.05) is 0 Å². The van der Waals surface area contributed by atoms with Crippen LogP contribution in [0.3, 0.4) is 0 Å². The zero-order chi connectivity index (χ0) is 19.4. The van der Waals surface area contributed by atoms with Gasteiger partial charge in [-0.25, -0.2) is 4.79 Å². The molecule has 0 saturated heterocycles. The second-order valence-corrected chi connectivity index (χ2v) is 7.33. The predicted molar refractivity (Wildman–Crippen MR) is 113 cm³/mol. The number of thiophene rings is 1. The Labute approximate surface area is 175 Å². The topological polar surface area (TPSA) is 67.9 Å². The summed E-state index contributed by atoms with van der Waals surface area (Å²) >= 11 is 1.47. The Bertz CT molecular complexity index is 835. The van der Waals surface area contributed by atoms with Crippen molar-refractivity contribution in [1.29, 1.82) is 0 Å². The van der Waals surface area contributed by atoms with E-state index in [1.165, 1.54) is 11.3 Å². The van der Waals surface area contributed by atoms with Gasteiger partial charge in [-0.15, -0.1) is 23.7 Å². The van der Waals surface area contributed by atoms with E-state index in [1.54, 1.807) is 38.3 Å². The second kappa shape index (κ2) is 9.91. The van der Waals surface area contributed by atoms with Crippen LogP contribution < -0.4 is 10.1 Å². The van der Waals surface area contributed by atoms with Crippen LogP contribution in [0.1, 0.15) is 45.0 Å². The number of likely N-dealkylation sites (N-methyl/N-ethyl adjacent to an activating group) is 1. The van der Waals surface area contributed by atoms with E-state index in [2.05, 4.69) is 17.1 Å². The van der Waals surface area contributed by atoms with Crippen LogP contribution in [0.15, 0.2) is 24.3 Å². The highest BCUT2D eigenvalue weighted by Gasteiger charge is 2.29. The first-order valence-corrected chi connectivity index (χ1v) is 9.88. The number of anilines is 1. The first kappa shape index (κ1) is 22.2. The highest BCUT2D eigenvalue weighted by Crippen LogP contribution is 2.38. The Morgan fingerprint density at radius 2 is 1.93 bits per heavy atom. The zero-order valence-electron chi connectivity index (χ0n) is 16.2. The Morgan fingerprint density at radius 1 is 1.21 bits per heavy atom. The van der Waals surface area contributed by atoms with Crippen molar-refractivity contribution in [2.45, 2.75) is 26.8 Å². The minimum absolute atomic E-state index is 0. The van der Waals surface area contributed by atoms with Gasteiger partial charge < -0.3 is 14.8 Å². The summed E-state index contributed by atoms with van der Waals surface area (Å²) in [6, 6.07) is 6.87. The van der Waals surface area contributed by atoms with E-state index in [-0.39, 0.29) is 24.3 Å². The lowest BCUT2D eigenvalue weighted by Crippen LogP contribution is -2.30. The number of amides is 1. The third-order valence-corrected chi connectivity index (χ3v) is 5.77. The number of hydrogen-bond acceptors (Lipinski definition) is 6. The van der Waals surface area contributed by atoms with Crippen LogP contribution >= 0.6 is 23.7 Å². The molecule has 1 aromatic carbocycles. The van der Waals surface area contributed by atoms with Gasteiger partial charge in [0.2, 0.25) is 0 Å². The number of halogens is 1. The molecule has 0 bridgehead atoms. The lowest BCUT2D eigenvalue weighted by Gasteiger charge is -2.25. The van der Waals surface area contributed by atoms with Gasteiger partial charge in [0, 0.05) is 23.5 Å². The van der Waals surface area contributed by atoms with E-state index in [4.69, 9.17) is 9.47 Å². The molecular formula is C20H25ClN2O4S. The number of ether oxygens (including phenoxy) is 2. The van der Waals surface area contributed by atoms with Crippen molar-refractivity contribution in [3.05, 3.63) is 45.8 Å². The summed E-state index contributed by atoms with van der Waals surface area (Å²) in [6.45, 7) is 6.86. The maximum absolute atomic E-state index is 12.7. The maximum atomic E-state index is 12.7. The highest BCUT2D eigenvalue weighted by molar-refractivity contribution is 7.17. The summed E-state index contributed by atoms with van der Waals surface area (Å²) in [5, 5.41) is 3.48. The molecule has 3 rings (SSSR count). The molecule has 1 N–H and O–H groups in total. The predicted octanol–water partition coefficient (Wildman–Crippen LogP) is 3.99. The van der Waals surface area contributed by atoms with Crippen LogP contribution in [0.5, 0.6) is 5.75 Å². The number of nitrogens with one attached hydrogen (secondary N) is 1. The fourth-order valence-electron chi connectivity index (χ4n) is 3.15. The molecule has 8 heteroatoms. The van der Waals surface area contributed by atoms with Gasteiger partial charge in [0.1, 0.15) is 10.8 Å². The standard InChI is InChI=1S/C20H24N2O4S.ClH/c1-4-22-11-10-15-16(12-22)27-19(17(15)20(24)26-5-2)21-18(23)13-6-8-14(25-3)9-7-13;/h6-9H,4-5,10-12H2,1-3H3,(H,21,23);1H. The van der Waals surface area contributed by atoms with Crippen LogP contribution in [-0.4, -0.2) is 43.6 Å². The molecule has 1 aromatic heterocycles. The molecule has 1 aliphatic heterocycles. The summed E-state index contributed by atoms with van der Waals surface area (Å²) in [6.07, 6.45) is 0.784. The average molecular weight is 425 g/mol. The number of carbonyl (C=O) groups is 2. The van der Waals surface area contributed by atoms with Gasteiger partial charge in [-0.3, -0.25) is 9.69 Å². The maximum Gasteiger partial charge on any atom is 0.341 e. The first-order valence-electron chi connectivity index (χ1n) is 9.06. The number of fused-ring (bicyclic) bond motifs is 1. The van der Waals surface area contributed by atoms with Crippen LogP contribution in [0.4, 0.5) is 5.00 Å². The molecule has 0 spiro atoms. The third-order valence-electron chi connectivity index (χ3n) is 4.64. The number of benzene rings is 1. The van der Waals surface area contributed by atoms with Gasteiger partial charge in [-0.1, -0.05) is 6.92 Å².